The molecule has 0 radical (unpaired) electrons. The Balaban J connectivity index is 1.98. The quantitative estimate of drug-likeness (QED) is 0.873. The van der Waals surface area contributed by atoms with E-state index in [0.717, 1.165) is 43.2 Å². The summed E-state index contributed by atoms with van der Waals surface area (Å²) in [4.78, 5) is 22.8. The second-order valence-electron chi connectivity index (χ2n) is 5.16. The smallest absolute Gasteiger partial charge is 0.239 e. The Kier molecular flexibility index (Phi) is 3.89. The van der Waals surface area contributed by atoms with Crippen molar-refractivity contribution in [3.05, 3.63) is 18.6 Å². The molecule has 1 saturated heterocycles. The maximum Gasteiger partial charge on any atom is 0.239 e. The third-order valence-electron chi connectivity index (χ3n) is 3.47. The van der Waals surface area contributed by atoms with Crippen LogP contribution in [0.15, 0.2) is 18.6 Å². The van der Waals surface area contributed by atoms with Crippen molar-refractivity contribution in [2.45, 2.75) is 19.8 Å². The van der Waals surface area contributed by atoms with Gasteiger partial charge in [0.2, 0.25) is 5.91 Å². The van der Waals surface area contributed by atoms with Crippen LogP contribution in [-0.4, -0.2) is 46.5 Å². The van der Waals surface area contributed by atoms with E-state index in [4.69, 9.17) is 0 Å². The van der Waals surface area contributed by atoms with Crippen LogP contribution in [0.2, 0.25) is 0 Å². The zero-order chi connectivity index (χ0) is 14.7. The zero-order valence-electron chi connectivity index (χ0n) is 12.2. The van der Waals surface area contributed by atoms with Gasteiger partial charge in [0.15, 0.2) is 11.5 Å². The van der Waals surface area contributed by atoms with Crippen LogP contribution in [0, 0.1) is 0 Å². The minimum Gasteiger partial charge on any atom is -0.369 e. The fourth-order valence-corrected chi connectivity index (χ4v) is 2.45. The number of fused-ring (bicyclic) bond motifs is 1. The molecule has 0 unspecified atom stereocenters. The Hall–Kier alpha value is -2.31. The van der Waals surface area contributed by atoms with Gasteiger partial charge in [0, 0.05) is 32.0 Å². The number of rotatable bonds is 4. The van der Waals surface area contributed by atoms with Crippen molar-refractivity contribution < 1.29 is 4.79 Å². The van der Waals surface area contributed by atoms with E-state index in [1.54, 1.807) is 6.20 Å². The molecule has 1 amide bonds. The fraction of sp³-hybridized carbons (Fsp3) is 0.500. The first-order valence-corrected chi connectivity index (χ1v) is 7.37. The molecule has 112 valence electrons. The summed E-state index contributed by atoms with van der Waals surface area (Å²) in [7, 11) is 0. The number of carbonyl (C=O) groups is 1. The van der Waals surface area contributed by atoms with Gasteiger partial charge in [-0.1, -0.05) is 6.92 Å². The van der Waals surface area contributed by atoms with Crippen molar-refractivity contribution in [1.82, 2.24) is 19.7 Å². The second kappa shape index (κ2) is 5.99. The molecule has 3 rings (SSSR count). The molecule has 3 heterocycles. The number of amides is 1. The molecule has 2 N–H and O–H groups in total. The summed E-state index contributed by atoms with van der Waals surface area (Å²) in [6.45, 7) is 4.82. The van der Waals surface area contributed by atoms with Crippen LogP contribution in [-0.2, 0) is 4.79 Å². The average Bonchev–Trinajstić information content (AvgIpc) is 2.85. The van der Waals surface area contributed by atoms with Gasteiger partial charge in [-0.05, 0) is 12.8 Å². The van der Waals surface area contributed by atoms with E-state index in [2.05, 4.69) is 27.5 Å². The van der Waals surface area contributed by atoms with Crippen LogP contribution in [0.3, 0.4) is 0 Å². The summed E-state index contributed by atoms with van der Waals surface area (Å²) in [5, 5.41) is 6.18. The van der Waals surface area contributed by atoms with Crippen molar-refractivity contribution in [3.63, 3.8) is 0 Å². The normalized spacial score (nSPS) is 15.9. The van der Waals surface area contributed by atoms with Crippen molar-refractivity contribution in [2.24, 2.45) is 0 Å². The lowest BCUT2D eigenvalue weighted by atomic mass is 10.4. The van der Waals surface area contributed by atoms with E-state index in [0.29, 0.717) is 13.1 Å². The van der Waals surface area contributed by atoms with Gasteiger partial charge >= 0.3 is 0 Å². The predicted molar refractivity (Wildman–Crippen MR) is 81.6 cm³/mol. The molecule has 1 aliphatic heterocycles. The van der Waals surface area contributed by atoms with E-state index in [9.17, 15) is 4.79 Å². The van der Waals surface area contributed by atoms with Gasteiger partial charge in [-0.2, -0.15) is 0 Å². The van der Waals surface area contributed by atoms with Gasteiger partial charge in [0.05, 0.1) is 12.7 Å². The van der Waals surface area contributed by atoms with Crippen LogP contribution in [0.4, 0.5) is 11.6 Å². The molecule has 0 aromatic carbocycles. The zero-order valence-corrected chi connectivity index (χ0v) is 12.2. The molecule has 2 aromatic rings. The maximum absolute atomic E-state index is 11.8. The van der Waals surface area contributed by atoms with Crippen LogP contribution >= 0.6 is 0 Å². The number of carbonyl (C=O) groups excluding carboxylic acids is 1. The number of nitrogens with one attached hydrogen (secondary N) is 2. The molecular formula is C14H20N6O. The van der Waals surface area contributed by atoms with E-state index in [-0.39, 0.29) is 5.91 Å². The Morgan fingerprint density at radius 1 is 1.48 bits per heavy atom. The van der Waals surface area contributed by atoms with Crippen molar-refractivity contribution in [3.8, 4) is 0 Å². The van der Waals surface area contributed by atoms with Crippen molar-refractivity contribution in [1.29, 1.82) is 0 Å². The lowest BCUT2D eigenvalue weighted by Crippen LogP contribution is -2.34. The molecular weight excluding hydrogens is 268 g/mol. The minimum absolute atomic E-state index is 0.0333. The van der Waals surface area contributed by atoms with E-state index < -0.39 is 0 Å². The highest BCUT2D eigenvalue weighted by atomic mass is 16.2. The molecule has 0 bridgehead atoms. The summed E-state index contributed by atoms with van der Waals surface area (Å²) >= 11 is 0. The molecule has 21 heavy (non-hydrogen) atoms. The Morgan fingerprint density at radius 3 is 3.24 bits per heavy atom. The highest BCUT2D eigenvalue weighted by Crippen LogP contribution is 2.21. The SMILES string of the molecule is CCCNc1cn2ccnc2c(N2CCCNC(=O)C2)n1. The third-order valence-corrected chi connectivity index (χ3v) is 3.47. The van der Waals surface area contributed by atoms with Gasteiger partial charge in [-0.25, -0.2) is 9.97 Å². The lowest BCUT2D eigenvalue weighted by molar-refractivity contribution is -0.119. The highest BCUT2D eigenvalue weighted by Gasteiger charge is 2.20. The summed E-state index contributed by atoms with van der Waals surface area (Å²) < 4.78 is 1.95. The first-order valence-electron chi connectivity index (χ1n) is 7.37. The Labute approximate surface area is 123 Å². The number of aromatic nitrogens is 3. The molecule has 1 fully saturated rings. The molecule has 7 heteroatoms. The van der Waals surface area contributed by atoms with Crippen LogP contribution in [0.1, 0.15) is 19.8 Å². The third kappa shape index (κ3) is 2.91. The van der Waals surface area contributed by atoms with Gasteiger partial charge in [0.25, 0.3) is 0 Å². The Bertz CT molecular complexity index is 637. The largest absolute Gasteiger partial charge is 0.369 e. The second-order valence-corrected chi connectivity index (χ2v) is 5.16. The van der Waals surface area contributed by atoms with Crippen LogP contribution < -0.4 is 15.5 Å². The highest BCUT2D eigenvalue weighted by molar-refractivity contribution is 5.83. The molecule has 0 spiro atoms. The standard InChI is InChI=1S/C14H20N6O/c1-2-4-15-11-9-20-8-6-17-13(20)14(18-11)19-7-3-5-16-12(21)10-19/h6,8-9,15H,2-5,7,10H2,1H3,(H,16,21). The first-order chi connectivity index (χ1) is 10.3. The predicted octanol–water partition coefficient (Wildman–Crippen LogP) is 0.877. The van der Waals surface area contributed by atoms with Crippen molar-refractivity contribution >= 4 is 23.2 Å². The van der Waals surface area contributed by atoms with Crippen LogP contribution in [0.5, 0.6) is 0 Å². The number of anilines is 2. The number of hydrogen-bond donors (Lipinski definition) is 2. The number of nitrogens with zero attached hydrogens (tertiary/aromatic N) is 4. The van der Waals surface area contributed by atoms with Gasteiger partial charge < -0.3 is 19.9 Å². The minimum atomic E-state index is 0.0333. The van der Waals surface area contributed by atoms with E-state index >= 15 is 0 Å². The van der Waals surface area contributed by atoms with Gasteiger partial charge in [-0.3, -0.25) is 4.79 Å². The summed E-state index contributed by atoms with van der Waals surface area (Å²) in [5.41, 5.74) is 0.784. The fourth-order valence-electron chi connectivity index (χ4n) is 2.45. The average molecular weight is 288 g/mol. The molecule has 7 nitrogen and oxygen atoms in total. The summed E-state index contributed by atoms with van der Waals surface area (Å²) in [6.07, 6.45) is 7.52. The number of imidazole rings is 1. The molecule has 2 aromatic heterocycles. The van der Waals surface area contributed by atoms with Crippen molar-refractivity contribution in [2.75, 3.05) is 36.4 Å². The van der Waals surface area contributed by atoms with E-state index in [1.807, 2.05) is 21.7 Å². The summed E-state index contributed by atoms with van der Waals surface area (Å²) in [5.74, 6) is 1.60. The van der Waals surface area contributed by atoms with Gasteiger partial charge in [0.1, 0.15) is 5.82 Å². The Morgan fingerprint density at radius 2 is 2.38 bits per heavy atom. The van der Waals surface area contributed by atoms with Gasteiger partial charge in [-0.15, -0.1) is 0 Å². The maximum atomic E-state index is 11.8. The molecule has 0 atom stereocenters. The number of hydrogen-bond acceptors (Lipinski definition) is 5. The summed E-state index contributed by atoms with van der Waals surface area (Å²) in [6, 6.07) is 0. The molecule has 1 aliphatic rings. The molecule has 0 aliphatic carbocycles. The van der Waals surface area contributed by atoms with E-state index in [1.165, 1.54) is 0 Å². The molecule has 0 saturated carbocycles. The monoisotopic (exact) mass is 288 g/mol. The lowest BCUT2D eigenvalue weighted by Gasteiger charge is -2.21. The first kappa shape index (κ1) is 13.7. The topological polar surface area (TPSA) is 74.6 Å². The van der Waals surface area contributed by atoms with Crippen LogP contribution in [0.25, 0.3) is 5.65 Å².